The van der Waals surface area contributed by atoms with Crippen LogP contribution in [0, 0.1) is 18.3 Å². The van der Waals surface area contributed by atoms with Crippen LogP contribution in [0.25, 0.3) is 0 Å². The molecule has 0 aliphatic carbocycles. The van der Waals surface area contributed by atoms with E-state index in [-0.39, 0.29) is 0 Å². The van der Waals surface area contributed by atoms with Crippen molar-refractivity contribution in [1.82, 2.24) is 9.97 Å². The molecule has 0 fully saturated rings. The lowest BCUT2D eigenvalue weighted by atomic mass is 10.1. The molecule has 0 saturated heterocycles. The molecule has 0 aliphatic rings. The number of anilines is 4. The highest BCUT2D eigenvalue weighted by Gasteiger charge is 2.07. The predicted molar refractivity (Wildman–Crippen MR) is 100 cm³/mol. The number of rotatable bonds is 5. The Hall–Kier alpha value is -3.39. The molecule has 0 unspecified atom stereocenters. The number of benzene rings is 2. The van der Waals surface area contributed by atoms with Gasteiger partial charge in [0.15, 0.2) is 0 Å². The Morgan fingerprint density at radius 3 is 2.72 bits per heavy atom. The van der Waals surface area contributed by atoms with E-state index in [1.807, 2.05) is 18.2 Å². The first-order chi connectivity index (χ1) is 12.2. The topological polar surface area (TPSA) is 73.6 Å². The van der Waals surface area contributed by atoms with Crippen LogP contribution in [0.5, 0.6) is 0 Å². The molecule has 3 rings (SSSR count). The van der Waals surface area contributed by atoms with E-state index in [1.165, 1.54) is 11.1 Å². The van der Waals surface area contributed by atoms with Crippen molar-refractivity contribution < 1.29 is 0 Å². The van der Waals surface area contributed by atoms with E-state index in [0.717, 1.165) is 23.6 Å². The van der Waals surface area contributed by atoms with Gasteiger partial charge in [0.2, 0.25) is 5.95 Å². The summed E-state index contributed by atoms with van der Waals surface area (Å²) >= 11 is 0. The minimum atomic E-state index is 0.478. The number of aromatic nitrogens is 2. The molecule has 25 heavy (non-hydrogen) atoms. The third kappa shape index (κ3) is 3.93. The Morgan fingerprint density at radius 1 is 1.08 bits per heavy atom. The summed E-state index contributed by atoms with van der Waals surface area (Å²) in [6.07, 6.45) is 2.65. The van der Waals surface area contributed by atoms with Gasteiger partial charge in [-0.25, -0.2) is 4.98 Å². The van der Waals surface area contributed by atoms with Gasteiger partial charge < -0.3 is 10.6 Å². The number of aryl methyl sites for hydroxylation is 2. The second-order valence-corrected chi connectivity index (χ2v) is 5.67. The third-order valence-electron chi connectivity index (χ3n) is 3.90. The maximum absolute atomic E-state index is 8.99. The van der Waals surface area contributed by atoms with Gasteiger partial charge in [0.25, 0.3) is 0 Å². The quantitative estimate of drug-likeness (QED) is 0.709. The Balaban J connectivity index is 1.84. The average molecular weight is 329 g/mol. The fraction of sp³-hybridized carbons (Fsp3) is 0.150. The SMILES string of the molecule is CCc1cccc(C)c1Nc1ccnc(Nc2cccc(C#N)c2)n1. The van der Waals surface area contributed by atoms with Crippen LogP contribution in [-0.2, 0) is 6.42 Å². The van der Waals surface area contributed by atoms with E-state index in [4.69, 9.17) is 5.26 Å². The highest BCUT2D eigenvalue weighted by molar-refractivity contribution is 5.66. The first-order valence-corrected chi connectivity index (χ1v) is 8.15. The van der Waals surface area contributed by atoms with Gasteiger partial charge >= 0.3 is 0 Å². The van der Waals surface area contributed by atoms with Crippen molar-refractivity contribution in [2.45, 2.75) is 20.3 Å². The van der Waals surface area contributed by atoms with E-state index in [9.17, 15) is 0 Å². The highest BCUT2D eigenvalue weighted by Crippen LogP contribution is 2.25. The normalized spacial score (nSPS) is 10.1. The van der Waals surface area contributed by atoms with E-state index < -0.39 is 0 Å². The van der Waals surface area contributed by atoms with Crippen molar-refractivity contribution in [2.24, 2.45) is 0 Å². The third-order valence-corrected chi connectivity index (χ3v) is 3.90. The monoisotopic (exact) mass is 329 g/mol. The minimum Gasteiger partial charge on any atom is -0.340 e. The van der Waals surface area contributed by atoms with Gasteiger partial charge in [-0.05, 0) is 48.7 Å². The molecule has 2 aromatic carbocycles. The summed E-state index contributed by atoms with van der Waals surface area (Å²) in [5.74, 6) is 1.20. The van der Waals surface area contributed by atoms with Crippen molar-refractivity contribution in [3.63, 3.8) is 0 Å². The molecule has 0 aliphatic heterocycles. The molecular weight excluding hydrogens is 310 g/mol. The number of nitrogens with zero attached hydrogens (tertiary/aromatic N) is 3. The average Bonchev–Trinajstić information content (AvgIpc) is 2.64. The standard InChI is InChI=1S/C20H19N5/c1-3-16-8-4-6-14(2)19(16)24-18-10-11-22-20(25-18)23-17-9-5-7-15(12-17)13-21/h4-12H,3H2,1-2H3,(H2,22,23,24,25). The maximum Gasteiger partial charge on any atom is 0.229 e. The van der Waals surface area contributed by atoms with Crippen molar-refractivity contribution in [1.29, 1.82) is 5.26 Å². The lowest BCUT2D eigenvalue weighted by molar-refractivity contribution is 1.12. The van der Waals surface area contributed by atoms with Gasteiger partial charge in [0.05, 0.1) is 11.6 Å². The van der Waals surface area contributed by atoms with Crippen LogP contribution in [0.15, 0.2) is 54.7 Å². The largest absolute Gasteiger partial charge is 0.340 e. The van der Waals surface area contributed by atoms with Crippen LogP contribution in [0.3, 0.4) is 0 Å². The van der Waals surface area contributed by atoms with Gasteiger partial charge in [-0.15, -0.1) is 0 Å². The zero-order valence-corrected chi connectivity index (χ0v) is 14.2. The molecular formula is C20H19N5. The summed E-state index contributed by atoms with van der Waals surface area (Å²) in [6.45, 7) is 4.21. The second kappa shape index (κ2) is 7.45. The second-order valence-electron chi connectivity index (χ2n) is 5.67. The fourth-order valence-corrected chi connectivity index (χ4v) is 2.61. The Labute approximate surface area is 147 Å². The molecule has 0 amide bonds. The predicted octanol–water partition coefficient (Wildman–Crippen LogP) is 4.71. The molecule has 1 heterocycles. The Morgan fingerprint density at radius 2 is 1.92 bits per heavy atom. The summed E-state index contributed by atoms with van der Waals surface area (Å²) in [5, 5.41) is 15.5. The number of nitriles is 1. The minimum absolute atomic E-state index is 0.478. The molecule has 124 valence electrons. The lowest BCUT2D eigenvalue weighted by Crippen LogP contribution is -2.03. The smallest absolute Gasteiger partial charge is 0.229 e. The molecule has 0 atom stereocenters. The number of nitrogens with one attached hydrogen (secondary N) is 2. The van der Waals surface area contributed by atoms with Crippen molar-refractivity contribution in [2.75, 3.05) is 10.6 Å². The Bertz CT molecular complexity index is 927. The summed E-state index contributed by atoms with van der Waals surface area (Å²) < 4.78 is 0. The van der Waals surface area contributed by atoms with E-state index >= 15 is 0 Å². The number of hydrogen-bond acceptors (Lipinski definition) is 5. The number of hydrogen-bond donors (Lipinski definition) is 2. The van der Waals surface area contributed by atoms with E-state index in [1.54, 1.807) is 18.3 Å². The van der Waals surface area contributed by atoms with Gasteiger partial charge in [0, 0.05) is 17.6 Å². The summed E-state index contributed by atoms with van der Waals surface area (Å²) in [5.41, 5.74) is 4.87. The van der Waals surface area contributed by atoms with Crippen LogP contribution in [0.2, 0.25) is 0 Å². The van der Waals surface area contributed by atoms with Gasteiger partial charge in [0.1, 0.15) is 5.82 Å². The summed E-state index contributed by atoms with van der Waals surface area (Å²) in [4.78, 5) is 8.77. The van der Waals surface area contributed by atoms with Crippen LogP contribution >= 0.6 is 0 Å². The van der Waals surface area contributed by atoms with E-state index in [2.05, 4.69) is 58.7 Å². The molecule has 1 aromatic heterocycles. The van der Waals surface area contributed by atoms with Crippen LogP contribution < -0.4 is 10.6 Å². The molecule has 0 saturated carbocycles. The maximum atomic E-state index is 8.99. The first kappa shape index (κ1) is 16.5. The molecule has 5 heteroatoms. The Kier molecular flexibility index (Phi) is 4.91. The van der Waals surface area contributed by atoms with Crippen molar-refractivity contribution in [3.05, 3.63) is 71.4 Å². The summed E-state index contributed by atoms with van der Waals surface area (Å²) in [7, 11) is 0. The molecule has 0 bridgehead atoms. The van der Waals surface area contributed by atoms with Crippen molar-refractivity contribution >= 4 is 23.1 Å². The molecule has 3 aromatic rings. The van der Waals surface area contributed by atoms with Crippen LogP contribution in [0.4, 0.5) is 23.1 Å². The van der Waals surface area contributed by atoms with Gasteiger partial charge in [-0.2, -0.15) is 10.2 Å². The van der Waals surface area contributed by atoms with Crippen molar-refractivity contribution in [3.8, 4) is 6.07 Å². The zero-order valence-electron chi connectivity index (χ0n) is 14.2. The highest BCUT2D eigenvalue weighted by atomic mass is 15.1. The molecule has 0 spiro atoms. The molecule has 5 nitrogen and oxygen atoms in total. The first-order valence-electron chi connectivity index (χ1n) is 8.15. The van der Waals surface area contributed by atoms with Gasteiger partial charge in [-0.1, -0.05) is 31.2 Å². The molecule has 2 N–H and O–H groups in total. The van der Waals surface area contributed by atoms with E-state index in [0.29, 0.717) is 11.5 Å². The van der Waals surface area contributed by atoms with Gasteiger partial charge in [-0.3, -0.25) is 0 Å². The lowest BCUT2D eigenvalue weighted by Gasteiger charge is -2.14. The fourth-order valence-electron chi connectivity index (χ4n) is 2.61. The number of para-hydroxylation sites is 1. The summed E-state index contributed by atoms with van der Waals surface area (Å²) in [6, 6.07) is 17.4. The zero-order chi connectivity index (χ0) is 17.6. The van der Waals surface area contributed by atoms with Crippen LogP contribution in [0.1, 0.15) is 23.6 Å². The van der Waals surface area contributed by atoms with Crippen LogP contribution in [-0.4, -0.2) is 9.97 Å². The molecule has 0 radical (unpaired) electrons.